The molecule has 6 aromatic rings. The number of thiophene rings is 2. The third-order valence-corrected chi connectivity index (χ3v) is 7.91. The molecule has 2 heterocycles. The van der Waals surface area contributed by atoms with E-state index in [9.17, 15) is 9.59 Å². The Bertz CT molecular complexity index is 1510. The first-order chi connectivity index (χ1) is 17.6. The van der Waals surface area contributed by atoms with Crippen molar-refractivity contribution in [2.24, 2.45) is 0 Å². The van der Waals surface area contributed by atoms with Gasteiger partial charge in [-0.05, 0) is 70.4 Å². The van der Waals surface area contributed by atoms with E-state index in [-0.39, 0.29) is 11.9 Å². The number of ether oxygens (including phenoxy) is 2. The van der Waals surface area contributed by atoms with Gasteiger partial charge in [0.15, 0.2) is 0 Å². The van der Waals surface area contributed by atoms with Crippen molar-refractivity contribution < 1.29 is 19.1 Å². The molecule has 2 aromatic heterocycles. The summed E-state index contributed by atoms with van der Waals surface area (Å²) >= 11 is 2.84. The first-order valence-electron chi connectivity index (χ1n) is 11.2. The van der Waals surface area contributed by atoms with Crippen LogP contribution in [0.4, 0.5) is 0 Å². The van der Waals surface area contributed by atoms with Crippen LogP contribution in [0.5, 0.6) is 11.5 Å². The van der Waals surface area contributed by atoms with E-state index in [1.807, 2.05) is 84.9 Å². The average Bonchev–Trinajstić information content (AvgIpc) is 3.54. The normalized spacial score (nSPS) is 11.0. The lowest BCUT2D eigenvalue weighted by atomic mass is 10.1. The highest BCUT2D eigenvalue weighted by Gasteiger charge is 2.14. The van der Waals surface area contributed by atoms with Gasteiger partial charge in [0.2, 0.25) is 0 Å². The molecule has 0 saturated heterocycles. The Hall–Kier alpha value is -4.26. The van der Waals surface area contributed by atoms with E-state index < -0.39 is 0 Å². The monoisotopic (exact) mass is 506 g/mol. The highest BCUT2D eigenvalue weighted by atomic mass is 32.1. The highest BCUT2D eigenvalue weighted by molar-refractivity contribution is 7.21. The summed E-state index contributed by atoms with van der Waals surface area (Å²) < 4.78 is 13.2. The lowest BCUT2D eigenvalue weighted by Gasteiger charge is -2.07. The quantitative estimate of drug-likeness (QED) is 0.175. The summed E-state index contributed by atoms with van der Waals surface area (Å²) in [6, 6.07) is 34.1. The van der Waals surface area contributed by atoms with E-state index in [4.69, 9.17) is 9.47 Å². The number of rotatable bonds is 5. The molecule has 174 valence electrons. The number of esters is 2. The van der Waals surface area contributed by atoms with Gasteiger partial charge in [-0.2, -0.15) is 0 Å². The standard InChI is InChI=1S/C30H18O4S2/c31-29(27-17-21-5-1-3-7-25(21)35-27)33-23-13-9-19(10-14-23)20-11-15-24(16-12-20)34-30(32)28-18-22-6-2-4-8-26(22)36-28/h1-18H. The van der Waals surface area contributed by atoms with Crippen molar-refractivity contribution in [1.29, 1.82) is 0 Å². The molecule has 0 atom stereocenters. The van der Waals surface area contributed by atoms with E-state index in [2.05, 4.69) is 0 Å². The van der Waals surface area contributed by atoms with E-state index >= 15 is 0 Å². The zero-order valence-electron chi connectivity index (χ0n) is 18.8. The molecule has 0 bridgehead atoms. The van der Waals surface area contributed by atoms with E-state index in [1.54, 1.807) is 24.3 Å². The SMILES string of the molecule is O=C(Oc1ccc(-c2ccc(OC(=O)c3cc4ccccc4s3)cc2)cc1)c1cc2ccccc2s1. The number of fused-ring (bicyclic) bond motifs is 2. The Balaban J connectivity index is 1.11. The summed E-state index contributed by atoms with van der Waals surface area (Å²) in [6.45, 7) is 0. The molecule has 0 radical (unpaired) electrons. The molecule has 0 fully saturated rings. The van der Waals surface area contributed by atoms with Crippen molar-refractivity contribution in [2.45, 2.75) is 0 Å². The van der Waals surface area contributed by atoms with Gasteiger partial charge in [-0.15, -0.1) is 22.7 Å². The third kappa shape index (κ3) is 4.52. The van der Waals surface area contributed by atoms with E-state index in [1.165, 1.54) is 22.7 Å². The minimum absolute atomic E-state index is 0.367. The smallest absolute Gasteiger partial charge is 0.353 e. The maximum Gasteiger partial charge on any atom is 0.353 e. The second-order valence-corrected chi connectivity index (χ2v) is 10.3. The molecule has 0 aliphatic carbocycles. The number of carbonyl (C=O) groups excluding carboxylic acids is 2. The summed E-state index contributed by atoms with van der Waals surface area (Å²) in [6.07, 6.45) is 0. The molecular formula is C30H18O4S2. The van der Waals surface area contributed by atoms with Crippen LogP contribution in [0.15, 0.2) is 109 Å². The Labute approximate surface area is 215 Å². The number of hydrogen-bond acceptors (Lipinski definition) is 6. The molecule has 6 rings (SSSR count). The van der Waals surface area contributed by atoms with Crippen molar-refractivity contribution in [3.8, 4) is 22.6 Å². The molecule has 0 aliphatic heterocycles. The maximum atomic E-state index is 12.6. The fourth-order valence-corrected chi connectivity index (χ4v) is 5.79. The molecule has 0 amide bonds. The van der Waals surface area contributed by atoms with Crippen molar-refractivity contribution in [2.75, 3.05) is 0 Å². The van der Waals surface area contributed by atoms with Crippen LogP contribution >= 0.6 is 22.7 Å². The average molecular weight is 507 g/mol. The van der Waals surface area contributed by atoms with Gasteiger partial charge in [0.1, 0.15) is 21.3 Å². The van der Waals surface area contributed by atoms with Gasteiger partial charge in [-0.3, -0.25) is 0 Å². The van der Waals surface area contributed by atoms with Gasteiger partial charge in [-0.1, -0.05) is 60.7 Å². The van der Waals surface area contributed by atoms with Gasteiger partial charge in [-0.25, -0.2) is 9.59 Å². The first-order valence-corrected chi connectivity index (χ1v) is 12.9. The molecule has 0 spiro atoms. The van der Waals surface area contributed by atoms with E-state index in [0.717, 1.165) is 31.3 Å². The summed E-state index contributed by atoms with van der Waals surface area (Å²) in [5, 5.41) is 2.06. The molecule has 0 saturated carbocycles. The second kappa shape index (κ2) is 9.41. The van der Waals surface area contributed by atoms with Crippen LogP contribution in [0.3, 0.4) is 0 Å². The lowest BCUT2D eigenvalue weighted by molar-refractivity contribution is 0.0730. The zero-order valence-corrected chi connectivity index (χ0v) is 20.5. The Morgan fingerprint density at radius 1 is 0.500 bits per heavy atom. The predicted octanol–water partition coefficient (Wildman–Crippen LogP) is 8.22. The Kier molecular flexibility index (Phi) is 5.81. The maximum absolute atomic E-state index is 12.6. The van der Waals surface area contributed by atoms with Crippen LogP contribution in [0.2, 0.25) is 0 Å². The van der Waals surface area contributed by atoms with Gasteiger partial charge >= 0.3 is 11.9 Å². The third-order valence-electron chi connectivity index (χ3n) is 5.72. The fraction of sp³-hybridized carbons (Fsp3) is 0. The largest absolute Gasteiger partial charge is 0.422 e. The number of benzene rings is 4. The lowest BCUT2D eigenvalue weighted by Crippen LogP contribution is -2.06. The molecule has 4 aromatic carbocycles. The van der Waals surface area contributed by atoms with Gasteiger partial charge in [0, 0.05) is 9.40 Å². The van der Waals surface area contributed by atoms with Gasteiger partial charge < -0.3 is 9.47 Å². The summed E-state index contributed by atoms with van der Waals surface area (Å²) in [4.78, 5) is 26.3. The van der Waals surface area contributed by atoms with Crippen molar-refractivity contribution in [1.82, 2.24) is 0 Å². The van der Waals surface area contributed by atoms with Crippen LogP contribution in [0.25, 0.3) is 31.3 Å². The molecular weight excluding hydrogens is 488 g/mol. The van der Waals surface area contributed by atoms with Crippen LogP contribution in [-0.2, 0) is 0 Å². The molecule has 0 N–H and O–H groups in total. The minimum atomic E-state index is -0.367. The minimum Gasteiger partial charge on any atom is -0.422 e. The molecule has 36 heavy (non-hydrogen) atoms. The zero-order chi connectivity index (χ0) is 24.5. The Morgan fingerprint density at radius 2 is 0.889 bits per heavy atom. The first kappa shape index (κ1) is 22.2. The highest BCUT2D eigenvalue weighted by Crippen LogP contribution is 2.29. The van der Waals surface area contributed by atoms with Gasteiger partial charge in [0.25, 0.3) is 0 Å². The van der Waals surface area contributed by atoms with Crippen LogP contribution < -0.4 is 9.47 Å². The van der Waals surface area contributed by atoms with Crippen molar-refractivity contribution in [3.05, 3.63) is 119 Å². The van der Waals surface area contributed by atoms with Gasteiger partial charge in [0.05, 0.1) is 0 Å². The summed E-state index contributed by atoms with van der Waals surface area (Å²) in [7, 11) is 0. The van der Waals surface area contributed by atoms with Crippen LogP contribution in [0.1, 0.15) is 19.3 Å². The van der Waals surface area contributed by atoms with E-state index in [0.29, 0.717) is 21.3 Å². The Morgan fingerprint density at radius 3 is 1.28 bits per heavy atom. The fourth-order valence-electron chi connectivity index (χ4n) is 3.91. The van der Waals surface area contributed by atoms with Crippen LogP contribution in [-0.4, -0.2) is 11.9 Å². The number of carbonyl (C=O) groups is 2. The summed E-state index contributed by atoms with van der Waals surface area (Å²) in [5.74, 6) is 0.229. The molecule has 0 aliphatic rings. The second-order valence-electron chi connectivity index (χ2n) is 8.12. The molecule has 6 heteroatoms. The van der Waals surface area contributed by atoms with Crippen LogP contribution in [0, 0.1) is 0 Å². The topological polar surface area (TPSA) is 52.6 Å². The number of hydrogen-bond donors (Lipinski definition) is 0. The molecule has 0 unspecified atom stereocenters. The van der Waals surface area contributed by atoms with Crippen molar-refractivity contribution >= 4 is 54.8 Å². The molecule has 4 nitrogen and oxygen atoms in total. The predicted molar refractivity (Wildman–Crippen MR) is 145 cm³/mol. The summed E-state index contributed by atoms with van der Waals surface area (Å²) in [5.41, 5.74) is 1.91. The van der Waals surface area contributed by atoms with Crippen molar-refractivity contribution in [3.63, 3.8) is 0 Å².